The molecule has 1 atom stereocenters. The van der Waals surface area contributed by atoms with Crippen molar-refractivity contribution in [3.8, 4) is 0 Å². The van der Waals surface area contributed by atoms with E-state index in [-0.39, 0.29) is 24.1 Å². The Labute approximate surface area is 102 Å². The van der Waals surface area contributed by atoms with Gasteiger partial charge in [0.25, 0.3) is 0 Å². The maximum atomic E-state index is 11.6. The van der Waals surface area contributed by atoms with E-state index in [4.69, 9.17) is 10.5 Å². The van der Waals surface area contributed by atoms with E-state index >= 15 is 0 Å². The Kier molecular flexibility index (Phi) is 6.75. The van der Waals surface area contributed by atoms with Crippen LogP contribution in [0, 0.1) is 0 Å². The second-order valence-electron chi connectivity index (χ2n) is 4.93. The van der Waals surface area contributed by atoms with Crippen molar-refractivity contribution in [2.45, 2.75) is 39.3 Å². The predicted octanol–water partition coefficient (Wildman–Crippen LogP) is -0.619. The van der Waals surface area contributed by atoms with E-state index in [0.717, 1.165) is 0 Å². The molecule has 0 aliphatic rings. The van der Waals surface area contributed by atoms with Crippen molar-refractivity contribution >= 4 is 11.8 Å². The fourth-order valence-corrected chi connectivity index (χ4v) is 1.09. The number of hydrogen-bond donors (Lipinski definition) is 3. The number of ether oxygens (including phenoxy) is 1. The molecule has 0 heterocycles. The Bertz CT molecular complexity index is 261. The lowest BCUT2D eigenvalue weighted by atomic mass is 10.1. The van der Waals surface area contributed by atoms with Gasteiger partial charge in [-0.2, -0.15) is 0 Å². The van der Waals surface area contributed by atoms with Crippen molar-refractivity contribution < 1.29 is 14.3 Å². The van der Waals surface area contributed by atoms with E-state index < -0.39 is 5.91 Å². The fraction of sp³-hybridized carbons (Fsp3) is 0.818. The zero-order valence-corrected chi connectivity index (χ0v) is 11.0. The van der Waals surface area contributed by atoms with Crippen LogP contribution in [-0.4, -0.2) is 43.2 Å². The maximum Gasteiger partial charge on any atom is 0.243 e. The van der Waals surface area contributed by atoms with Gasteiger partial charge in [-0.1, -0.05) is 0 Å². The molecule has 1 unspecified atom stereocenters. The lowest BCUT2D eigenvalue weighted by Crippen LogP contribution is -2.50. The molecule has 0 aromatic carbocycles. The van der Waals surface area contributed by atoms with Crippen molar-refractivity contribution in [3.63, 3.8) is 0 Å². The number of rotatable bonds is 7. The van der Waals surface area contributed by atoms with Crippen molar-refractivity contribution in [2.75, 3.05) is 19.8 Å². The topological polar surface area (TPSA) is 93.4 Å². The summed E-state index contributed by atoms with van der Waals surface area (Å²) in [5.41, 5.74) is 4.66. The van der Waals surface area contributed by atoms with Crippen LogP contribution in [0.4, 0.5) is 0 Å². The number of primary amides is 1. The molecule has 0 aromatic rings. The van der Waals surface area contributed by atoms with Gasteiger partial charge in [-0.3, -0.25) is 9.59 Å². The zero-order chi connectivity index (χ0) is 13.5. The minimum atomic E-state index is -0.497. The molecule has 0 spiro atoms. The monoisotopic (exact) mass is 245 g/mol. The van der Waals surface area contributed by atoms with Gasteiger partial charge in [0.15, 0.2) is 0 Å². The second kappa shape index (κ2) is 7.24. The zero-order valence-electron chi connectivity index (χ0n) is 11.0. The predicted molar refractivity (Wildman–Crippen MR) is 65.4 cm³/mol. The van der Waals surface area contributed by atoms with E-state index in [0.29, 0.717) is 13.2 Å². The smallest absolute Gasteiger partial charge is 0.243 e. The lowest BCUT2D eigenvalue weighted by molar-refractivity contribution is -0.125. The molecule has 6 heteroatoms. The molecule has 0 aliphatic heterocycles. The van der Waals surface area contributed by atoms with E-state index in [1.54, 1.807) is 6.92 Å². The Hall–Kier alpha value is -1.14. The molecule has 4 N–H and O–H groups in total. The highest BCUT2D eigenvalue weighted by molar-refractivity contribution is 5.81. The first kappa shape index (κ1) is 15.9. The maximum absolute atomic E-state index is 11.6. The van der Waals surface area contributed by atoms with Crippen LogP contribution in [0.25, 0.3) is 0 Å². The molecule has 0 bridgehead atoms. The molecular weight excluding hydrogens is 222 g/mol. The number of amides is 2. The van der Waals surface area contributed by atoms with Crippen molar-refractivity contribution in [1.82, 2.24) is 10.6 Å². The Morgan fingerprint density at radius 1 is 1.35 bits per heavy atom. The SMILES string of the molecule is CC(NCCOCC(N)=O)C(=O)NC(C)(C)C. The highest BCUT2D eigenvalue weighted by Gasteiger charge is 2.18. The molecule has 6 nitrogen and oxygen atoms in total. The summed E-state index contributed by atoms with van der Waals surface area (Å²) in [6, 6.07) is -0.300. The van der Waals surface area contributed by atoms with Crippen LogP contribution < -0.4 is 16.4 Å². The van der Waals surface area contributed by atoms with Crippen molar-refractivity contribution in [1.29, 1.82) is 0 Å². The standard InChI is InChI=1S/C11H23N3O3/c1-8(10(16)14-11(2,3)4)13-5-6-17-7-9(12)15/h8,13H,5-7H2,1-4H3,(H2,12,15)(H,14,16). The quantitative estimate of drug-likeness (QED) is 0.521. The van der Waals surface area contributed by atoms with Crippen LogP contribution in [0.5, 0.6) is 0 Å². The van der Waals surface area contributed by atoms with Gasteiger partial charge in [-0.25, -0.2) is 0 Å². The van der Waals surface area contributed by atoms with Gasteiger partial charge in [-0.05, 0) is 27.7 Å². The molecule has 0 saturated heterocycles. The third kappa shape index (κ3) is 9.77. The van der Waals surface area contributed by atoms with E-state index in [9.17, 15) is 9.59 Å². The van der Waals surface area contributed by atoms with Crippen molar-refractivity contribution in [2.24, 2.45) is 5.73 Å². The Morgan fingerprint density at radius 2 is 1.94 bits per heavy atom. The third-order valence-electron chi connectivity index (χ3n) is 1.83. The van der Waals surface area contributed by atoms with Gasteiger partial charge in [0.2, 0.25) is 11.8 Å². The summed E-state index contributed by atoms with van der Waals surface area (Å²) in [6.07, 6.45) is 0. The van der Waals surface area contributed by atoms with Crippen LogP contribution in [-0.2, 0) is 14.3 Å². The summed E-state index contributed by atoms with van der Waals surface area (Å²) < 4.78 is 4.96. The first-order chi connectivity index (χ1) is 7.72. The molecule has 0 rings (SSSR count). The van der Waals surface area contributed by atoms with Gasteiger partial charge in [0.05, 0.1) is 12.6 Å². The first-order valence-electron chi connectivity index (χ1n) is 5.64. The van der Waals surface area contributed by atoms with Crippen LogP contribution in [0.1, 0.15) is 27.7 Å². The first-order valence-corrected chi connectivity index (χ1v) is 5.64. The normalized spacial score (nSPS) is 13.2. The summed E-state index contributed by atoms with van der Waals surface area (Å²) >= 11 is 0. The largest absolute Gasteiger partial charge is 0.370 e. The van der Waals surface area contributed by atoms with Gasteiger partial charge in [-0.15, -0.1) is 0 Å². The van der Waals surface area contributed by atoms with Crippen LogP contribution in [0.2, 0.25) is 0 Å². The number of nitrogens with two attached hydrogens (primary N) is 1. The van der Waals surface area contributed by atoms with Gasteiger partial charge >= 0.3 is 0 Å². The number of hydrogen-bond acceptors (Lipinski definition) is 4. The second-order valence-corrected chi connectivity index (χ2v) is 4.93. The summed E-state index contributed by atoms with van der Waals surface area (Å²) in [5.74, 6) is -0.559. The van der Waals surface area contributed by atoms with Crippen LogP contribution in [0.15, 0.2) is 0 Å². The highest BCUT2D eigenvalue weighted by atomic mass is 16.5. The minimum Gasteiger partial charge on any atom is -0.370 e. The number of nitrogens with one attached hydrogen (secondary N) is 2. The minimum absolute atomic E-state index is 0.0626. The van der Waals surface area contributed by atoms with Gasteiger partial charge in [0.1, 0.15) is 6.61 Å². The van der Waals surface area contributed by atoms with Gasteiger partial charge < -0.3 is 21.1 Å². The lowest BCUT2D eigenvalue weighted by Gasteiger charge is -2.23. The summed E-state index contributed by atoms with van der Waals surface area (Å²) in [5, 5.41) is 5.85. The van der Waals surface area contributed by atoms with E-state index in [1.165, 1.54) is 0 Å². The molecule has 0 aliphatic carbocycles. The highest BCUT2D eigenvalue weighted by Crippen LogP contribution is 1.99. The Morgan fingerprint density at radius 3 is 2.41 bits per heavy atom. The fourth-order valence-electron chi connectivity index (χ4n) is 1.09. The summed E-state index contributed by atoms with van der Waals surface area (Å²) in [6.45, 7) is 8.29. The molecule has 0 fully saturated rings. The van der Waals surface area contributed by atoms with E-state index in [1.807, 2.05) is 20.8 Å². The average Bonchev–Trinajstić information content (AvgIpc) is 2.13. The molecular formula is C11H23N3O3. The molecule has 0 radical (unpaired) electrons. The molecule has 0 aromatic heterocycles. The van der Waals surface area contributed by atoms with E-state index in [2.05, 4.69) is 10.6 Å². The molecule has 0 saturated carbocycles. The number of carbonyl (C=O) groups excluding carboxylic acids is 2. The Balaban J connectivity index is 3.68. The average molecular weight is 245 g/mol. The molecule has 17 heavy (non-hydrogen) atoms. The van der Waals surface area contributed by atoms with Crippen LogP contribution >= 0.6 is 0 Å². The number of carbonyl (C=O) groups is 2. The van der Waals surface area contributed by atoms with Crippen LogP contribution in [0.3, 0.4) is 0 Å². The van der Waals surface area contributed by atoms with Crippen molar-refractivity contribution in [3.05, 3.63) is 0 Å². The third-order valence-corrected chi connectivity index (χ3v) is 1.83. The molecule has 2 amide bonds. The van der Waals surface area contributed by atoms with Gasteiger partial charge in [0, 0.05) is 12.1 Å². The molecule has 100 valence electrons. The summed E-state index contributed by atoms with van der Waals surface area (Å²) in [4.78, 5) is 22.0. The summed E-state index contributed by atoms with van der Waals surface area (Å²) in [7, 11) is 0.